The number of benzene rings is 1. The summed E-state index contributed by atoms with van der Waals surface area (Å²) in [6, 6.07) is 13.2. The Kier molecular flexibility index (Phi) is 6.31. The summed E-state index contributed by atoms with van der Waals surface area (Å²) in [7, 11) is 0. The number of amides is 1. The summed E-state index contributed by atoms with van der Waals surface area (Å²) >= 11 is 7.50. The van der Waals surface area contributed by atoms with Crippen LogP contribution in [0.25, 0.3) is 6.08 Å². The molecule has 1 N–H and O–H groups in total. The minimum absolute atomic E-state index is 0.114. The molecule has 0 spiro atoms. The van der Waals surface area contributed by atoms with Gasteiger partial charge in [0.2, 0.25) is 5.91 Å². The molecule has 0 fully saturated rings. The van der Waals surface area contributed by atoms with Crippen molar-refractivity contribution in [3.05, 3.63) is 65.5 Å². The second kappa shape index (κ2) is 8.49. The number of hydrogen-bond acceptors (Lipinski definition) is 3. The van der Waals surface area contributed by atoms with Crippen LogP contribution in [0, 0.1) is 0 Å². The Morgan fingerprint density at radius 2 is 2.05 bits per heavy atom. The van der Waals surface area contributed by atoms with Gasteiger partial charge in [0.05, 0.1) is 5.69 Å². The summed E-state index contributed by atoms with van der Waals surface area (Å²) in [5.74, 6) is 0.697. The number of hydrogen-bond donors (Lipinski definition) is 1. The predicted molar refractivity (Wildman–Crippen MR) is 88.5 cm³/mol. The maximum Gasteiger partial charge on any atom is 0.244 e. The third kappa shape index (κ3) is 6.02. The number of halogens is 1. The van der Waals surface area contributed by atoms with E-state index in [1.165, 1.54) is 6.08 Å². The van der Waals surface area contributed by atoms with E-state index in [1.54, 1.807) is 24.0 Å². The first-order valence-corrected chi connectivity index (χ1v) is 7.86. The minimum Gasteiger partial charge on any atom is -0.352 e. The zero-order valence-electron chi connectivity index (χ0n) is 11.3. The fraction of sp³-hybridized carbons (Fsp3) is 0.125. The van der Waals surface area contributed by atoms with Crippen LogP contribution in [0.15, 0.2) is 59.6 Å². The fourth-order valence-electron chi connectivity index (χ4n) is 1.57. The van der Waals surface area contributed by atoms with E-state index in [0.717, 1.165) is 21.4 Å². The molecule has 0 radical (unpaired) electrons. The van der Waals surface area contributed by atoms with Crippen LogP contribution in [0.3, 0.4) is 0 Å². The third-order valence-corrected chi connectivity index (χ3v) is 3.84. The van der Waals surface area contributed by atoms with Gasteiger partial charge in [-0.2, -0.15) is 0 Å². The zero-order chi connectivity index (χ0) is 14.9. The lowest BCUT2D eigenvalue weighted by molar-refractivity contribution is -0.116. The first-order valence-electron chi connectivity index (χ1n) is 6.49. The van der Waals surface area contributed by atoms with Crippen LogP contribution in [-0.4, -0.2) is 23.2 Å². The number of nitrogens with one attached hydrogen (secondary N) is 1. The van der Waals surface area contributed by atoms with E-state index in [1.807, 2.05) is 42.5 Å². The van der Waals surface area contributed by atoms with Gasteiger partial charge in [-0.15, -0.1) is 11.8 Å². The number of carbonyl (C=O) groups is 1. The van der Waals surface area contributed by atoms with Crippen molar-refractivity contribution in [1.29, 1.82) is 0 Å². The average Bonchev–Trinajstić information content (AvgIpc) is 2.52. The third-order valence-electron chi connectivity index (χ3n) is 2.58. The molecule has 21 heavy (non-hydrogen) atoms. The Hall–Kier alpha value is -1.78. The van der Waals surface area contributed by atoms with Gasteiger partial charge >= 0.3 is 0 Å². The van der Waals surface area contributed by atoms with Crippen LogP contribution >= 0.6 is 23.4 Å². The van der Waals surface area contributed by atoms with Crippen LogP contribution in [0.4, 0.5) is 0 Å². The fourth-order valence-corrected chi connectivity index (χ4v) is 2.46. The maximum atomic E-state index is 11.6. The van der Waals surface area contributed by atoms with Gasteiger partial charge in [-0.3, -0.25) is 9.78 Å². The molecule has 0 unspecified atom stereocenters. The highest BCUT2D eigenvalue weighted by Crippen LogP contribution is 2.19. The first kappa shape index (κ1) is 15.6. The molecule has 2 aromatic rings. The number of thioether (sulfide) groups is 1. The molecule has 3 nitrogen and oxygen atoms in total. The zero-order valence-corrected chi connectivity index (χ0v) is 12.9. The molecule has 108 valence electrons. The largest absolute Gasteiger partial charge is 0.352 e. The van der Waals surface area contributed by atoms with Crippen molar-refractivity contribution in [2.45, 2.75) is 4.90 Å². The van der Waals surface area contributed by atoms with E-state index >= 15 is 0 Å². The van der Waals surface area contributed by atoms with Crippen LogP contribution in [-0.2, 0) is 4.79 Å². The van der Waals surface area contributed by atoms with Crippen molar-refractivity contribution in [3.63, 3.8) is 0 Å². The molecular weight excluding hydrogens is 304 g/mol. The summed E-state index contributed by atoms with van der Waals surface area (Å²) in [5, 5.41) is 3.56. The highest BCUT2D eigenvalue weighted by atomic mass is 35.5. The predicted octanol–water partition coefficient (Wildman–Crippen LogP) is 3.66. The summed E-state index contributed by atoms with van der Waals surface area (Å²) in [6.07, 6.45) is 4.89. The highest BCUT2D eigenvalue weighted by molar-refractivity contribution is 7.99. The summed E-state index contributed by atoms with van der Waals surface area (Å²) in [5.41, 5.74) is 0.767. The summed E-state index contributed by atoms with van der Waals surface area (Å²) in [6.45, 7) is 0.610. The average molecular weight is 319 g/mol. The molecule has 0 aliphatic carbocycles. The second-order valence-corrected chi connectivity index (χ2v) is 5.79. The Bertz CT molecular complexity index is 599. The van der Waals surface area contributed by atoms with Gasteiger partial charge in [0.15, 0.2) is 0 Å². The van der Waals surface area contributed by atoms with Crippen molar-refractivity contribution >= 4 is 35.3 Å². The molecule has 0 bridgehead atoms. The summed E-state index contributed by atoms with van der Waals surface area (Å²) in [4.78, 5) is 16.9. The van der Waals surface area contributed by atoms with Crippen molar-refractivity contribution in [2.24, 2.45) is 0 Å². The monoisotopic (exact) mass is 318 g/mol. The van der Waals surface area contributed by atoms with Gasteiger partial charge in [0, 0.05) is 34.5 Å². The van der Waals surface area contributed by atoms with Gasteiger partial charge in [-0.05, 0) is 42.5 Å². The molecule has 1 heterocycles. The number of pyridine rings is 1. The number of nitrogens with zero attached hydrogens (tertiary/aromatic N) is 1. The Morgan fingerprint density at radius 3 is 2.76 bits per heavy atom. The van der Waals surface area contributed by atoms with E-state index in [4.69, 9.17) is 11.6 Å². The normalized spacial score (nSPS) is 10.7. The van der Waals surface area contributed by atoms with E-state index in [-0.39, 0.29) is 5.91 Å². The second-order valence-electron chi connectivity index (χ2n) is 4.18. The lowest BCUT2D eigenvalue weighted by atomic mass is 10.3. The lowest BCUT2D eigenvalue weighted by Gasteiger charge is -2.03. The molecule has 1 aromatic carbocycles. The SMILES string of the molecule is O=C(C=Cc1ccccn1)NCCSc1ccc(Cl)cc1. The molecule has 1 amide bonds. The van der Waals surface area contributed by atoms with Crippen LogP contribution < -0.4 is 5.32 Å². The van der Waals surface area contributed by atoms with Gasteiger partial charge in [-0.25, -0.2) is 0 Å². The van der Waals surface area contributed by atoms with Gasteiger partial charge in [0.25, 0.3) is 0 Å². The minimum atomic E-state index is -0.114. The Labute approximate surface area is 133 Å². The lowest BCUT2D eigenvalue weighted by Crippen LogP contribution is -2.23. The van der Waals surface area contributed by atoms with Gasteiger partial charge in [-0.1, -0.05) is 17.7 Å². The van der Waals surface area contributed by atoms with Crippen molar-refractivity contribution in [3.8, 4) is 0 Å². The van der Waals surface area contributed by atoms with Gasteiger partial charge in [0.1, 0.15) is 0 Å². The molecule has 0 saturated carbocycles. The molecular formula is C16H15ClN2OS. The molecule has 2 rings (SSSR count). The quantitative estimate of drug-likeness (QED) is 0.502. The number of aromatic nitrogens is 1. The van der Waals surface area contributed by atoms with Gasteiger partial charge < -0.3 is 5.32 Å². The van der Waals surface area contributed by atoms with Crippen molar-refractivity contribution in [1.82, 2.24) is 10.3 Å². The smallest absolute Gasteiger partial charge is 0.244 e. The van der Waals surface area contributed by atoms with Crippen molar-refractivity contribution in [2.75, 3.05) is 12.3 Å². The molecule has 1 aromatic heterocycles. The van der Waals surface area contributed by atoms with Crippen molar-refractivity contribution < 1.29 is 4.79 Å². The van der Waals surface area contributed by atoms with E-state index in [2.05, 4.69) is 10.3 Å². The van der Waals surface area contributed by atoms with E-state index in [9.17, 15) is 4.79 Å². The Balaban J connectivity index is 1.67. The molecule has 0 atom stereocenters. The van der Waals surface area contributed by atoms with Crippen LogP contribution in [0.2, 0.25) is 5.02 Å². The standard InChI is InChI=1S/C16H15ClN2OS/c17-13-4-7-15(8-5-13)21-12-11-19-16(20)9-6-14-3-1-2-10-18-14/h1-10H,11-12H2,(H,19,20). The van der Waals surface area contributed by atoms with E-state index < -0.39 is 0 Å². The topological polar surface area (TPSA) is 42.0 Å². The van der Waals surface area contributed by atoms with Crippen LogP contribution in [0.5, 0.6) is 0 Å². The molecule has 5 heteroatoms. The molecule has 0 aliphatic rings. The molecule has 0 aliphatic heterocycles. The Morgan fingerprint density at radius 1 is 1.24 bits per heavy atom. The van der Waals surface area contributed by atoms with E-state index in [0.29, 0.717) is 6.54 Å². The maximum absolute atomic E-state index is 11.6. The summed E-state index contributed by atoms with van der Waals surface area (Å²) < 4.78 is 0. The number of rotatable bonds is 6. The highest BCUT2D eigenvalue weighted by Gasteiger charge is 1.97. The first-order chi connectivity index (χ1) is 10.2. The van der Waals surface area contributed by atoms with Crippen LogP contribution in [0.1, 0.15) is 5.69 Å². The number of carbonyl (C=O) groups excluding carboxylic acids is 1. The molecule has 0 saturated heterocycles.